The van der Waals surface area contributed by atoms with Crippen LogP contribution in [0.15, 0.2) is 24.3 Å². The number of hydrogen-bond acceptors (Lipinski definition) is 2. The Morgan fingerprint density at radius 2 is 1.48 bits per heavy atom. The van der Waals surface area contributed by atoms with Gasteiger partial charge in [0.15, 0.2) is 0 Å². The normalized spacial score (nSPS) is 22.9. The molecule has 1 heterocycles. The number of anilines is 1. The highest BCUT2D eigenvalue weighted by Gasteiger charge is 2.25. The summed E-state index contributed by atoms with van der Waals surface area (Å²) < 4.78 is 0. The lowest BCUT2D eigenvalue weighted by Crippen LogP contribution is -2.44. The van der Waals surface area contributed by atoms with Crippen molar-refractivity contribution in [2.45, 2.75) is 63.5 Å². The highest BCUT2D eigenvalue weighted by molar-refractivity contribution is 6.30. The molecular formula is C18H27ClN2. The van der Waals surface area contributed by atoms with Crippen LogP contribution in [0.3, 0.4) is 0 Å². The minimum absolute atomic E-state index is 0.619. The molecule has 1 saturated heterocycles. The van der Waals surface area contributed by atoms with Crippen LogP contribution in [0.4, 0.5) is 5.69 Å². The first kappa shape index (κ1) is 15.2. The summed E-state index contributed by atoms with van der Waals surface area (Å²) in [4.78, 5) is 2.76. The van der Waals surface area contributed by atoms with E-state index >= 15 is 0 Å². The van der Waals surface area contributed by atoms with Crippen molar-refractivity contribution in [1.82, 2.24) is 4.90 Å². The topological polar surface area (TPSA) is 15.3 Å². The van der Waals surface area contributed by atoms with Crippen LogP contribution >= 0.6 is 11.6 Å². The number of benzene rings is 1. The van der Waals surface area contributed by atoms with E-state index < -0.39 is 0 Å². The van der Waals surface area contributed by atoms with Gasteiger partial charge >= 0.3 is 0 Å². The molecule has 3 rings (SSSR count). The zero-order valence-corrected chi connectivity index (χ0v) is 13.6. The van der Waals surface area contributed by atoms with Crippen LogP contribution < -0.4 is 5.32 Å². The summed E-state index contributed by atoms with van der Waals surface area (Å²) >= 11 is 5.94. The lowest BCUT2D eigenvalue weighted by Gasteiger charge is -2.38. The van der Waals surface area contributed by atoms with Gasteiger partial charge in [-0.25, -0.2) is 0 Å². The number of nitrogens with zero attached hydrogens (tertiary/aromatic N) is 1. The van der Waals surface area contributed by atoms with Crippen molar-refractivity contribution in [3.63, 3.8) is 0 Å². The van der Waals surface area contributed by atoms with Gasteiger partial charge in [-0.3, -0.25) is 0 Å². The first-order chi connectivity index (χ1) is 10.3. The molecule has 0 bridgehead atoms. The van der Waals surface area contributed by atoms with E-state index in [1.54, 1.807) is 0 Å². The molecule has 1 N–H and O–H groups in total. The largest absolute Gasteiger partial charge is 0.382 e. The van der Waals surface area contributed by atoms with Gasteiger partial charge in [-0.1, -0.05) is 37.3 Å². The van der Waals surface area contributed by atoms with E-state index in [2.05, 4.69) is 22.3 Å². The third kappa shape index (κ3) is 4.37. The van der Waals surface area contributed by atoms with E-state index in [0.29, 0.717) is 6.04 Å². The van der Waals surface area contributed by atoms with E-state index in [0.717, 1.165) is 11.1 Å². The van der Waals surface area contributed by atoms with E-state index in [4.69, 9.17) is 11.6 Å². The number of rotatable bonds is 3. The second-order valence-electron chi connectivity index (χ2n) is 6.61. The van der Waals surface area contributed by atoms with Gasteiger partial charge in [0, 0.05) is 35.9 Å². The maximum Gasteiger partial charge on any atom is 0.0407 e. The van der Waals surface area contributed by atoms with Crippen molar-refractivity contribution in [3.8, 4) is 0 Å². The molecule has 0 aromatic heterocycles. The van der Waals surface area contributed by atoms with E-state index in [-0.39, 0.29) is 0 Å². The average Bonchev–Trinajstić information content (AvgIpc) is 2.80. The van der Waals surface area contributed by atoms with Crippen LogP contribution in [-0.2, 0) is 0 Å². The SMILES string of the molecule is Clc1ccc(NC2CCN(C3CCCCCC3)CC2)cc1. The summed E-state index contributed by atoms with van der Waals surface area (Å²) in [6.45, 7) is 2.52. The van der Waals surface area contributed by atoms with Gasteiger partial charge in [0.05, 0.1) is 0 Å². The van der Waals surface area contributed by atoms with Gasteiger partial charge in [-0.15, -0.1) is 0 Å². The monoisotopic (exact) mass is 306 g/mol. The molecule has 1 saturated carbocycles. The molecule has 0 amide bonds. The van der Waals surface area contributed by atoms with E-state index in [9.17, 15) is 0 Å². The Labute approximate surface area is 133 Å². The minimum atomic E-state index is 0.619. The van der Waals surface area contributed by atoms with Crippen LogP contribution in [-0.4, -0.2) is 30.1 Å². The molecule has 3 heteroatoms. The molecule has 2 nitrogen and oxygen atoms in total. The quantitative estimate of drug-likeness (QED) is 0.796. The lowest BCUT2D eigenvalue weighted by atomic mass is 9.99. The highest BCUT2D eigenvalue weighted by Crippen LogP contribution is 2.26. The van der Waals surface area contributed by atoms with Crippen molar-refractivity contribution in [1.29, 1.82) is 0 Å². The molecule has 2 fully saturated rings. The first-order valence-electron chi connectivity index (χ1n) is 8.57. The zero-order chi connectivity index (χ0) is 14.5. The Morgan fingerprint density at radius 1 is 0.857 bits per heavy atom. The number of likely N-dealkylation sites (tertiary alicyclic amines) is 1. The Morgan fingerprint density at radius 3 is 2.10 bits per heavy atom. The first-order valence-corrected chi connectivity index (χ1v) is 8.95. The molecule has 1 aliphatic carbocycles. The molecule has 1 aliphatic heterocycles. The Kier molecular flexibility index (Phi) is 5.43. The van der Waals surface area contributed by atoms with Crippen molar-refractivity contribution in [2.75, 3.05) is 18.4 Å². The molecule has 0 unspecified atom stereocenters. The Hall–Kier alpha value is -0.730. The molecule has 1 aromatic rings. The van der Waals surface area contributed by atoms with Gasteiger partial charge in [-0.05, 0) is 49.9 Å². The van der Waals surface area contributed by atoms with Gasteiger partial charge in [0.2, 0.25) is 0 Å². The molecule has 0 spiro atoms. The summed E-state index contributed by atoms with van der Waals surface area (Å²) in [7, 11) is 0. The van der Waals surface area contributed by atoms with Gasteiger partial charge in [0.1, 0.15) is 0 Å². The fourth-order valence-electron chi connectivity index (χ4n) is 3.81. The smallest absolute Gasteiger partial charge is 0.0407 e. The molecule has 1 aromatic carbocycles. The summed E-state index contributed by atoms with van der Waals surface area (Å²) in [5, 5.41) is 4.47. The zero-order valence-electron chi connectivity index (χ0n) is 12.9. The number of hydrogen-bond donors (Lipinski definition) is 1. The second-order valence-corrected chi connectivity index (χ2v) is 7.04. The van der Waals surface area contributed by atoms with Crippen LogP contribution in [0.2, 0.25) is 5.02 Å². The Balaban J connectivity index is 1.47. The van der Waals surface area contributed by atoms with Crippen LogP contribution in [0, 0.1) is 0 Å². The van der Waals surface area contributed by atoms with Crippen molar-refractivity contribution in [2.24, 2.45) is 0 Å². The van der Waals surface area contributed by atoms with Gasteiger partial charge < -0.3 is 10.2 Å². The number of halogens is 1. The van der Waals surface area contributed by atoms with Crippen molar-refractivity contribution >= 4 is 17.3 Å². The Bertz CT molecular complexity index is 415. The summed E-state index contributed by atoms with van der Waals surface area (Å²) in [5.74, 6) is 0. The maximum atomic E-state index is 5.94. The summed E-state index contributed by atoms with van der Waals surface area (Å²) in [6, 6.07) is 9.58. The van der Waals surface area contributed by atoms with Gasteiger partial charge in [-0.2, -0.15) is 0 Å². The molecule has 116 valence electrons. The molecule has 21 heavy (non-hydrogen) atoms. The third-order valence-electron chi connectivity index (χ3n) is 5.09. The predicted octanol–water partition coefficient (Wildman–Crippen LogP) is 4.94. The predicted molar refractivity (Wildman–Crippen MR) is 91.2 cm³/mol. The molecule has 0 atom stereocenters. The molecular weight excluding hydrogens is 280 g/mol. The number of piperidine rings is 1. The second kappa shape index (κ2) is 7.51. The van der Waals surface area contributed by atoms with Crippen molar-refractivity contribution < 1.29 is 0 Å². The third-order valence-corrected chi connectivity index (χ3v) is 5.34. The minimum Gasteiger partial charge on any atom is -0.382 e. The van der Waals surface area contributed by atoms with Crippen LogP contribution in [0.5, 0.6) is 0 Å². The van der Waals surface area contributed by atoms with E-state index in [1.165, 1.54) is 70.1 Å². The standard InChI is InChI=1S/C18H27ClN2/c19-15-7-9-16(10-8-15)20-17-11-13-21(14-12-17)18-5-3-1-2-4-6-18/h7-10,17-18,20H,1-6,11-14H2. The fourth-order valence-corrected chi connectivity index (χ4v) is 3.94. The fraction of sp³-hybridized carbons (Fsp3) is 0.667. The summed E-state index contributed by atoms with van der Waals surface area (Å²) in [6.07, 6.45) is 11.2. The van der Waals surface area contributed by atoms with Crippen molar-refractivity contribution in [3.05, 3.63) is 29.3 Å². The summed E-state index contributed by atoms with van der Waals surface area (Å²) in [5.41, 5.74) is 1.20. The highest BCUT2D eigenvalue weighted by atomic mass is 35.5. The molecule has 0 radical (unpaired) electrons. The maximum absolute atomic E-state index is 5.94. The molecule has 2 aliphatic rings. The van der Waals surface area contributed by atoms with Crippen LogP contribution in [0.1, 0.15) is 51.4 Å². The van der Waals surface area contributed by atoms with E-state index in [1.807, 2.05) is 12.1 Å². The van der Waals surface area contributed by atoms with Crippen LogP contribution in [0.25, 0.3) is 0 Å². The average molecular weight is 307 g/mol. The lowest BCUT2D eigenvalue weighted by molar-refractivity contribution is 0.143. The van der Waals surface area contributed by atoms with Gasteiger partial charge in [0.25, 0.3) is 0 Å². The number of nitrogens with one attached hydrogen (secondary N) is 1.